The molecule has 16 heavy (non-hydrogen) atoms. The summed E-state index contributed by atoms with van der Waals surface area (Å²) < 4.78 is 64.1. The number of halogens is 5. The van der Waals surface area contributed by atoms with Gasteiger partial charge in [0.1, 0.15) is 5.92 Å². The number of rotatable bonds is 2. The molecule has 0 heterocycles. The summed E-state index contributed by atoms with van der Waals surface area (Å²) in [5, 5.41) is 17.0. The van der Waals surface area contributed by atoms with Crippen LogP contribution >= 0.6 is 0 Å². The maximum absolute atomic E-state index is 13.0. The van der Waals surface area contributed by atoms with Gasteiger partial charge in [0, 0.05) is 5.56 Å². The average molecular weight is 237 g/mol. The monoisotopic (exact) mass is 237 g/mol. The molecule has 0 aromatic heterocycles. The van der Waals surface area contributed by atoms with Gasteiger partial charge in [-0.2, -0.15) is 5.26 Å². The van der Waals surface area contributed by atoms with E-state index in [1.807, 2.05) is 0 Å². The molecule has 0 bridgehead atoms. The van der Waals surface area contributed by atoms with Crippen molar-refractivity contribution in [1.29, 1.82) is 5.26 Å². The Morgan fingerprint density at radius 2 is 1.31 bits per heavy atom. The van der Waals surface area contributed by atoms with Crippen LogP contribution in [-0.4, -0.2) is 11.7 Å². The number of aliphatic hydroxyl groups is 1. The Morgan fingerprint density at radius 1 is 0.938 bits per heavy atom. The third-order valence-electron chi connectivity index (χ3n) is 1.93. The van der Waals surface area contributed by atoms with Crippen molar-refractivity contribution in [3.63, 3.8) is 0 Å². The minimum Gasteiger partial charge on any atom is -0.395 e. The van der Waals surface area contributed by atoms with Gasteiger partial charge in [0.2, 0.25) is 5.82 Å². The first-order valence-electron chi connectivity index (χ1n) is 3.97. The minimum atomic E-state index is -2.30. The van der Waals surface area contributed by atoms with E-state index < -0.39 is 47.2 Å². The van der Waals surface area contributed by atoms with Crippen molar-refractivity contribution in [3.05, 3.63) is 34.6 Å². The van der Waals surface area contributed by atoms with Gasteiger partial charge in [-0.25, -0.2) is 22.0 Å². The standard InChI is InChI=1S/C9H4F5NO/c10-5-4(3(1-15)2-16)6(11)8(13)9(14)7(5)12/h3,16H,2H2. The Morgan fingerprint density at radius 3 is 1.62 bits per heavy atom. The van der Waals surface area contributed by atoms with Gasteiger partial charge in [0.05, 0.1) is 12.7 Å². The lowest BCUT2D eigenvalue weighted by Crippen LogP contribution is -2.13. The van der Waals surface area contributed by atoms with E-state index in [0.717, 1.165) is 0 Å². The predicted octanol–water partition coefficient (Wildman–Crippen LogP) is 1.98. The molecule has 1 atom stereocenters. The first kappa shape index (κ1) is 12.4. The number of nitriles is 1. The normalized spacial score (nSPS) is 12.3. The Bertz CT molecular complexity index is 439. The summed E-state index contributed by atoms with van der Waals surface area (Å²) in [7, 11) is 0. The van der Waals surface area contributed by atoms with Gasteiger partial charge in [0.25, 0.3) is 0 Å². The summed E-state index contributed by atoms with van der Waals surface area (Å²) >= 11 is 0. The van der Waals surface area contributed by atoms with Gasteiger partial charge in [-0.05, 0) is 0 Å². The number of nitrogens with zero attached hydrogens (tertiary/aromatic N) is 1. The van der Waals surface area contributed by atoms with E-state index >= 15 is 0 Å². The van der Waals surface area contributed by atoms with Gasteiger partial charge < -0.3 is 5.11 Å². The predicted molar refractivity (Wildman–Crippen MR) is 41.7 cm³/mol. The second kappa shape index (κ2) is 4.45. The maximum Gasteiger partial charge on any atom is 0.200 e. The summed E-state index contributed by atoms with van der Waals surface area (Å²) in [5.74, 6) is -12.6. The van der Waals surface area contributed by atoms with Crippen molar-refractivity contribution in [1.82, 2.24) is 0 Å². The molecule has 7 heteroatoms. The number of hydrogen-bond donors (Lipinski definition) is 1. The fourth-order valence-corrected chi connectivity index (χ4v) is 1.12. The van der Waals surface area contributed by atoms with Crippen LogP contribution in [0.4, 0.5) is 22.0 Å². The maximum atomic E-state index is 13.0. The zero-order chi connectivity index (χ0) is 12.5. The van der Waals surface area contributed by atoms with Crippen molar-refractivity contribution >= 4 is 0 Å². The lowest BCUT2D eigenvalue weighted by molar-refractivity contribution is 0.276. The van der Waals surface area contributed by atoms with Crippen molar-refractivity contribution < 1.29 is 27.1 Å². The molecule has 1 aromatic rings. The van der Waals surface area contributed by atoms with Crippen molar-refractivity contribution in [2.45, 2.75) is 5.92 Å². The molecule has 2 nitrogen and oxygen atoms in total. The quantitative estimate of drug-likeness (QED) is 0.485. The molecule has 1 N–H and O–H groups in total. The molecule has 86 valence electrons. The van der Waals surface area contributed by atoms with Gasteiger partial charge in [-0.15, -0.1) is 0 Å². The molecule has 1 unspecified atom stereocenters. The second-order valence-corrected chi connectivity index (χ2v) is 2.85. The SMILES string of the molecule is N#CC(CO)c1c(F)c(F)c(F)c(F)c1F. The first-order chi connectivity index (χ1) is 7.45. The highest BCUT2D eigenvalue weighted by molar-refractivity contribution is 5.31. The topological polar surface area (TPSA) is 44.0 Å². The highest BCUT2D eigenvalue weighted by Crippen LogP contribution is 2.28. The molecule has 0 aliphatic rings. The van der Waals surface area contributed by atoms with Crippen LogP contribution in [-0.2, 0) is 0 Å². The van der Waals surface area contributed by atoms with E-state index in [0.29, 0.717) is 0 Å². The summed E-state index contributed by atoms with van der Waals surface area (Å²) in [6, 6.07) is 1.24. The highest BCUT2D eigenvalue weighted by Gasteiger charge is 2.29. The van der Waals surface area contributed by atoms with Crippen LogP contribution in [0.5, 0.6) is 0 Å². The largest absolute Gasteiger partial charge is 0.395 e. The van der Waals surface area contributed by atoms with Crippen LogP contribution in [0.2, 0.25) is 0 Å². The molecule has 0 radical (unpaired) electrons. The molecule has 1 rings (SSSR count). The van der Waals surface area contributed by atoms with Crippen LogP contribution in [0.3, 0.4) is 0 Å². The molecule has 1 aromatic carbocycles. The zero-order valence-electron chi connectivity index (χ0n) is 7.57. The van der Waals surface area contributed by atoms with Crippen LogP contribution in [0.15, 0.2) is 0 Å². The third kappa shape index (κ3) is 1.72. The highest BCUT2D eigenvalue weighted by atomic mass is 19.2. The van der Waals surface area contributed by atoms with Crippen molar-refractivity contribution in [2.24, 2.45) is 0 Å². The molecule has 0 spiro atoms. The van der Waals surface area contributed by atoms with Crippen molar-refractivity contribution in [3.8, 4) is 6.07 Å². The van der Waals surface area contributed by atoms with Crippen LogP contribution in [0.1, 0.15) is 11.5 Å². The van der Waals surface area contributed by atoms with Crippen LogP contribution in [0.25, 0.3) is 0 Å². The molecule has 0 fully saturated rings. The molecule has 0 saturated carbocycles. The lowest BCUT2D eigenvalue weighted by atomic mass is 9.99. The number of aliphatic hydroxyl groups excluding tert-OH is 1. The molecule has 0 amide bonds. The van der Waals surface area contributed by atoms with Gasteiger partial charge in [-0.1, -0.05) is 0 Å². The number of benzene rings is 1. The summed E-state index contributed by atoms with van der Waals surface area (Å²) in [6.07, 6.45) is 0. The molecule has 0 aliphatic carbocycles. The first-order valence-corrected chi connectivity index (χ1v) is 3.97. The fraction of sp³-hybridized carbons (Fsp3) is 0.222. The Hall–Kier alpha value is -1.68. The fourth-order valence-electron chi connectivity index (χ4n) is 1.12. The van der Waals surface area contributed by atoms with Crippen molar-refractivity contribution in [2.75, 3.05) is 6.61 Å². The van der Waals surface area contributed by atoms with E-state index in [2.05, 4.69) is 0 Å². The molecule has 0 aliphatic heterocycles. The van der Waals surface area contributed by atoms with E-state index in [9.17, 15) is 22.0 Å². The zero-order valence-corrected chi connectivity index (χ0v) is 7.57. The lowest BCUT2D eigenvalue weighted by Gasteiger charge is -2.10. The molecule has 0 saturated heterocycles. The van der Waals surface area contributed by atoms with E-state index in [-0.39, 0.29) is 0 Å². The molecular formula is C9H4F5NO. The van der Waals surface area contributed by atoms with Gasteiger partial charge in [-0.3, -0.25) is 0 Å². The average Bonchev–Trinajstić information content (AvgIpc) is 2.29. The minimum absolute atomic E-state index is 1.05. The number of hydrogen-bond acceptors (Lipinski definition) is 2. The smallest absolute Gasteiger partial charge is 0.200 e. The van der Waals surface area contributed by atoms with E-state index in [1.54, 1.807) is 0 Å². The Labute approximate surface area is 86.5 Å². The van der Waals surface area contributed by atoms with Crippen LogP contribution < -0.4 is 0 Å². The van der Waals surface area contributed by atoms with E-state index in [4.69, 9.17) is 10.4 Å². The summed E-state index contributed by atoms with van der Waals surface area (Å²) in [5.41, 5.74) is -1.32. The molecular weight excluding hydrogens is 233 g/mol. The van der Waals surface area contributed by atoms with E-state index in [1.165, 1.54) is 6.07 Å². The Kier molecular flexibility index (Phi) is 3.44. The summed E-state index contributed by atoms with van der Waals surface area (Å²) in [4.78, 5) is 0. The Balaban J connectivity index is 3.58. The third-order valence-corrected chi connectivity index (χ3v) is 1.93. The van der Waals surface area contributed by atoms with Gasteiger partial charge >= 0.3 is 0 Å². The summed E-state index contributed by atoms with van der Waals surface area (Å²) in [6.45, 7) is -1.05. The van der Waals surface area contributed by atoms with Gasteiger partial charge in [0.15, 0.2) is 23.3 Å². The second-order valence-electron chi connectivity index (χ2n) is 2.85. The van der Waals surface area contributed by atoms with Crippen LogP contribution in [0, 0.1) is 40.4 Å².